The van der Waals surface area contributed by atoms with Crippen molar-refractivity contribution in [3.63, 3.8) is 0 Å². The van der Waals surface area contributed by atoms with Gasteiger partial charge in [0.15, 0.2) is 0 Å². The van der Waals surface area contributed by atoms with Crippen LogP contribution in [0.15, 0.2) is 24.3 Å². The molecule has 0 saturated carbocycles. The zero-order valence-corrected chi connectivity index (χ0v) is 13.5. The Hall–Kier alpha value is -1.56. The van der Waals surface area contributed by atoms with Crippen LogP contribution in [-0.4, -0.2) is 49.1 Å². The van der Waals surface area contributed by atoms with Crippen LogP contribution in [0, 0.1) is 0 Å². The van der Waals surface area contributed by atoms with E-state index in [1.54, 1.807) is 12.1 Å². The Morgan fingerprint density at radius 3 is 2.48 bits per heavy atom. The van der Waals surface area contributed by atoms with Crippen molar-refractivity contribution < 1.29 is 19.8 Å². The van der Waals surface area contributed by atoms with Gasteiger partial charge in [0.05, 0.1) is 0 Å². The average Bonchev–Trinajstić information content (AvgIpc) is 2.45. The minimum absolute atomic E-state index is 0.143. The number of aliphatic carboxylic acids is 1. The Labute approximate surface area is 129 Å². The van der Waals surface area contributed by atoms with Crippen LogP contribution in [0.25, 0.3) is 0 Å². The van der Waals surface area contributed by atoms with Gasteiger partial charge in [-0.1, -0.05) is 0 Å². The fourth-order valence-electron chi connectivity index (χ4n) is 1.75. The Morgan fingerprint density at radius 1 is 1.33 bits per heavy atom. The van der Waals surface area contributed by atoms with E-state index in [2.05, 4.69) is 5.32 Å². The predicted octanol–water partition coefficient (Wildman–Crippen LogP) is 0.392. The normalized spacial score (nSPS) is 13.4. The molecule has 0 bridgehead atoms. The summed E-state index contributed by atoms with van der Waals surface area (Å²) >= 11 is 0.368. The van der Waals surface area contributed by atoms with Crippen molar-refractivity contribution >= 4 is 26.8 Å². The predicted molar refractivity (Wildman–Crippen MR) is 80.4 cm³/mol. The van der Waals surface area contributed by atoms with E-state index in [1.165, 1.54) is 12.1 Å². The van der Waals surface area contributed by atoms with Crippen LogP contribution in [-0.2, 0) is 16.0 Å². The molecule has 2 atom stereocenters. The van der Waals surface area contributed by atoms with Crippen molar-refractivity contribution in [3.05, 3.63) is 29.8 Å². The Kier molecular flexibility index (Phi) is 7.22. The van der Waals surface area contributed by atoms with Gasteiger partial charge < -0.3 is 0 Å². The Morgan fingerprint density at radius 2 is 1.95 bits per heavy atom. The number of phenolic OH excluding ortho intramolecular Hbond substituents is 1. The molecule has 0 aromatic heterocycles. The number of hydrogen-bond donors (Lipinski definition) is 4. The zero-order chi connectivity index (χ0) is 15.8. The Balaban J connectivity index is 2.56. The number of phenols is 1. The van der Waals surface area contributed by atoms with Gasteiger partial charge in [0.2, 0.25) is 0 Å². The summed E-state index contributed by atoms with van der Waals surface area (Å²) in [4.78, 5) is 23.0. The van der Waals surface area contributed by atoms with E-state index in [0.29, 0.717) is 21.4 Å². The van der Waals surface area contributed by atoms with Gasteiger partial charge >= 0.3 is 129 Å². The van der Waals surface area contributed by atoms with E-state index in [-0.39, 0.29) is 12.2 Å². The molecule has 0 aliphatic heterocycles. The van der Waals surface area contributed by atoms with Crippen molar-refractivity contribution in [2.75, 3.05) is 0 Å². The van der Waals surface area contributed by atoms with Crippen LogP contribution < -0.4 is 11.1 Å². The van der Waals surface area contributed by atoms with Crippen molar-refractivity contribution in [1.82, 2.24) is 5.32 Å². The SMILES string of the molecule is C[Se]CC[C@H](NC(=O)[C@@H](N)Cc1ccc(O)cc1)C(=O)O. The molecular formula is C14H20N2O4Se. The molecule has 1 amide bonds. The number of aromatic hydroxyl groups is 1. The molecule has 21 heavy (non-hydrogen) atoms. The summed E-state index contributed by atoms with van der Waals surface area (Å²) in [6.07, 6.45) is 0.708. The fourth-order valence-corrected chi connectivity index (χ4v) is 2.74. The number of hydrogen-bond acceptors (Lipinski definition) is 4. The number of benzene rings is 1. The minimum atomic E-state index is -1.04. The van der Waals surface area contributed by atoms with Crippen LogP contribution in [0.5, 0.6) is 5.75 Å². The quantitative estimate of drug-likeness (QED) is 0.502. The van der Waals surface area contributed by atoms with Crippen LogP contribution in [0.1, 0.15) is 12.0 Å². The monoisotopic (exact) mass is 360 g/mol. The number of carbonyl (C=O) groups excluding carboxylic acids is 1. The Bertz CT molecular complexity index is 478. The summed E-state index contributed by atoms with van der Waals surface area (Å²) in [6.45, 7) is 0. The molecule has 116 valence electrons. The summed E-state index contributed by atoms with van der Waals surface area (Å²) in [5.74, 6) is 0.650. The standard InChI is InChI=1S/C14H20N2O4Se/c1-21-7-6-12(14(19)20)16-13(18)11(15)8-9-2-4-10(17)5-3-9/h2-5,11-12,17H,6-8,15H2,1H3,(H,16,18)(H,19,20)/t11-,12-/m0/s1. The van der Waals surface area contributed by atoms with Crippen molar-refractivity contribution in [1.29, 1.82) is 0 Å². The molecule has 0 heterocycles. The first-order valence-electron chi connectivity index (χ1n) is 6.49. The number of nitrogens with one attached hydrogen (secondary N) is 1. The topological polar surface area (TPSA) is 113 Å². The molecule has 0 unspecified atom stereocenters. The van der Waals surface area contributed by atoms with Gasteiger partial charge in [-0.05, 0) is 0 Å². The maximum atomic E-state index is 11.9. The summed E-state index contributed by atoms with van der Waals surface area (Å²) < 4.78 is 0. The third kappa shape index (κ3) is 6.16. The molecule has 5 N–H and O–H groups in total. The second kappa shape index (κ2) is 8.67. The van der Waals surface area contributed by atoms with E-state index in [0.717, 1.165) is 10.9 Å². The van der Waals surface area contributed by atoms with E-state index >= 15 is 0 Å². The first kappa shape index (κ1) is 17.5. The van der Waals surface area contributed by atoms with Crippen LogP contribution in [0.2, 0.25) is 11.1 Å². The molecule has 0 radical (unpaired) electrons. The van der Waals surface area contributed by atoms with E-state index in [4.69, 9.17) is 10.8 Å². The third-order valence-electron chi connectivity index (χ3n) is 2.95. The van der Waals surface area contributed by atoms with Gasteiger partial charge in [-0.3, -0.25) is 0 Å². The van der Waals surface area contributed by atoms with Gasteiger partial charge in [-0.15, -0.1) is 0 Å². The summed E-state index contributed by atoms with van der Waals surface area (Å²) in [5.41, 5.74) is 6.61. The van der Waals surface area contributed by atoms with Crippen LogP contribution >= 0.6 is 0 Å². The molecular weight excluding hydrogens is 339 g/mol. The number of carbonyl (C=O) groups is 2. The van der Waals surface area contributed by atoms with Crippen LogP contribution in [0.4, 0.5) is 0 Å². The number of amides is 1. The van der Waals surface area contributed by atoms with Gasteiger partial charge in [0.25, 0.3) is 0 Å². The fraction of sp³-hybridized carbons (Fsp3) is 0.429. The van der Waals surface area contributed by atoms with E-state index < -0.39 is 24.0 Å². The number of carboxylic acid groups (broad SMARTS) is 1. The molecule has 6 nitrogen and oxygen atoms in total. The summed E-state index contributed by atoms with van der Waals surface area (Å²) in [5, 5.41) is 21.5. The van der Waals surface area contributed by atoms with Crippen LogP contribution in [0.3, 0.4) is 0 Å². The zero-order valence-electron chi connectivity index (χ0n) is 11.8. The van der Waals surface area contributed by atoms with Crippen molar-refractivity contribution in [3.8, 4) is 5.75 Å². The first-order valence-corrected chi connectivity index (χ1v) is 9.42. The molecule has 1 aromatic carbocycles. The number of carboxylic acids is 1. The molecule has 0 aliphatic rings. The van der Waals surface area contributed by atoms with Crippen molar-refractivity contribution in [2.24, 2.45) is 5.73 Å². The molecule has 7 heteroatoms. The second-order valence-electron chi connectivity index (χ2n) is 4.66. The third-order valence-corrected chi connectivity index (χ3v) is 4.31. The number of nitrogens with two attached hydrogens (primary N) is 1. The summed E-state index contributed by atoms with van der Waals surface area (Å²) in [6, 6.07) is 4.69. The van der Waals surface area contributed by atoms with Gasteiger partial charge in [-0.25, -0.2) is 0 Å². The maximum absolute atomic E-state index is 11.9. The van der Waals surface area contributed by atoms with E-state index in [9.17, 15) is 14.7 Å². The molecule has 1 rings (SSSR count). The molecule has 1 aromatic rings. The van der Waals surface area contributed by atoms with Gasteiger partial charge in [0, 0.05) is 0 Å². The summed E-state index contributed by atoms with van der Waals surface area (Å²) in [7, 11) is 0. The van der Waals surface area contributed by atoms with Gasteiger partial charge in [-0.2, -0.15) is 0 Å². The molecule has 0 saturated heterocycles. The molecule has 0 aliphatic carbocycles. The molecule has 0 fully saturated rings. The molecule has 0 spiro atoms. The van der Waals surface area contributed by atoms with E-state index in [1.807, 2.05) is 5.82 Å². The van der Waals surface area contributed by atoms with Crippen molar-refractivity contribution in [2.45, 2.75) is 36.1 Å². The van der Waals surface area contributed by atoms with Gasteiger partial charge in [0.1, 0.15) is 0 Å². The number of rotatable bonds is 8. The average molecular weight is 359 g/mol. The second-order valence-corrected chi connectivity index (χ2v) is 6.73. The first-order chi connectivity index (χ1) is 9.93.